The first-order valence-corrected chi connectivity index (χ1v) is 7.66. The van der Waals surface area contributed by atoms with E-state index in [1.165, 1.54) is 11.3 Å². The van der Waals surface area contributed by atoms with E-state index in [9.17, 15) is 14.7 Å². The molecule has 6 heteroatoms. The number of hydrogen-bond acceptors (Lipinski definition) is 4. The summed E-state index contributed by atoms with van der Waals surface area (Å²) < 4.78 is 5.50. The first-order valence-electron chi connectivity index (χ1n) is 6.84. The highest BCUT2D eigenvalue weighted by molar-refractivity contribution is 7.17. The van der Waals surface area contributed by atoms with Crippen LogP contribution in [-0.4, -0.2) is 29.2 Å². The lowest BCUT2D eigenvalue weighted by molar-refractivity contribution is -0.133. The Morgan fingerprint density at radius 1 is 1.35 bits per heavy atom. The lowest BCUT2D eigenvalue weighted by atomic mass is 10.0. The first kappa shape index (κ1) is 13.6. The van der Waals surface area contributed by atoms with Gasteiger partial charge in [-0.15, -0.1) is 11.3 Å². The van der Waals surface area contributed by atoms with Gasteiger partial charge in [-0.2, -0.15) is 0 Å². The van der Waals surface area contributed by atoms with Gasteiger partial charge >= 0.3 is 5.97 Å². The average Bonchev–Trinajstić information content (AvgIpc) is 3.04. The van der Waals surface area contributed by atoms with Crippen molar-refractivity contribution in [2.24, 2.45) is 0 Å². The van der Waals surface area contributed by atoms with Crippen LogP contribution in [0.5, 0.6) is 0 Å². The minimum atomic E-state index is -0.961. The van der Waals surface area contributed by atoms with E-state index in [1.807, 2.05) is 0 Å². The van der Waals surface area contributed by atoms with Crippen LogP contribution < -0.4 is 5.32 Å². The third-order valence-corrected chi connectivity index (χ3v) is 5.27. The van der Waals surface area contributed by atoms with E-state index >= 15 is 0 Å². The first-order chi connectivity index (χ1) is 9.51. The molecule has 1 unspecified atom stereocenters. The molecule has 2 N–H and O–H groups in total. The van der Waals surface area contributed by atoms with Crippen LogP contribution in [0.4, 0.5) is 5.00 Å². The molecule has 0 bridgehead atoms. The fourth-order valence-corrected chi connectivity index (χ4v) is 4.19. The van der Waals surface area contributed by atoms with Crippen LogP contribution in [0.2, 0.25) is 0 Å². The van der Waals surface area contributed by atoms with Crippen LogP contribution >= 0.6 is 11.3 Å². The number of carbonyl (C=O) groups excluding carboxylic acids is 1. The van der Waals surface area contributed by atoms with E-state index in [2.05, 4.69) is 5.32 Å². The molecule has 1 atom stereocenters. The second-order valence-electron chi connectivity index (χ2n) is 5.50. The maximum Gasteiger partial charge on any atom is 0.339 e. The second kappa shape index (κ2) is 4.86. The lowest BCUT2D eigenvalue weighted by Gasteiger charge is -2.21. The third kappa shape index (κ3) is 2.13. The Hall–Kier alpha value is -1.40. The molecule has 2 heterocycles. The molecule has 3 rings (SSSR count). The zero-order valence-electron chi connectivity index (χ0n) is 11.3. The zero-order chi connectivity index (χ0) is 14.3. The van der Waals surface area contributed by atoms with Crippen molar-refractivity contribution in [1.82, 2.24) is 0 Å². The molecule has 0 spiro atoms. The summed E-state index contributed by atoms with van der Waals surface area (Å²) in [7, 11) is 0. The summed E-state index contributed by atoms with van der Waals surface area (Å²) in [5.74, 6) is -1.20. The monoisotopic (exact) mass is 295 g/mol. The molecule has 2 aliphatic rings. The molecule has 1 saturated heterocycles. The van der Waals surface area contributed by atoms with E-state index in [1.54, 1.807) is 6.92 Å². The molecular weight excluding hydrogens is 278 g/mol. The van der Waals surface area contributed by atoms with Crippen LogP contribution in [0, 0.1) is 0 Å². The molecule has 1 aromatic rings. The van der Waals surface area contributed by atoms with E-state index < -0.39 is 11.6 Å². The molecule has 1 aliphatic carbocycles. The minimum Gasteiger partial charge on any atom is -0.478 e. The van der Waals surface area contributed by atoms with Crippen molar-refractivity contribution in [3.63, 3.8) is 0 Å². The van der Waals surface area contributed by atoms with E-state index in [-0.39, 0.29) is 11.5 Å². The number of nitrogens with one attached hydrogen (secondary N) is 1. The quantitative estimate of drug-likeness (QED) is 0.898. The van der Waals surface area contributed by atoms with Gasteiger partial charge in [0.2, 0.25) is 0 Å². The number of thiophene rings is 1. The summed E-state index contributed by atoms with van der Waals surface area (Å²) in [6, 6.07) is 0. The van der Waals surface area contributed by atoms with Gasteiger partial charge in [-0.05, 0) is 44.6 Å². The Bertz CT molecular complexity index is 572. The predicted octanol–water partition coefficient (Wildman–Crippen LogP) is 2.44. The highest BCUT2D eigenvalue weighted by Crippen LogP contribution is 2.39. The number of hydrogen-bond donors (Lipinski definition) is 2. The van der Waals surface area contributed by atoms with E-state index in [0.717, 1.165) is 36.1 Å². The normalized spacial score (nSPS) is 24.6. The Morgan fingerprint density at radius 2 is 2.15 bits per heavy atom. The number of carboxylic acid groups (broad SMARTS) is 1. The highest BCUT2D eigenvalue weighted by atomic mass is 32.1. The number of carbonyl (C=O) groups is 2. The fourth-order valence-electron chi connectivity index (χ4n) is 2.91. The summed E-state index contributed by atoms with van der Waals surface area (Å²) >= 11 is 1.39. The van der Waals surface area contributed by atoms with Crippen LogP contribution in [0.15, 0.2) is 0 Å². The van der Waals surface area contributed by atoms with Gasteiger partial charge in [0.25, 0.3) is 5.91 Å². The molecular formula is C14H17NO4S. The van der Waals surface area contributed by atoms with Crippen molar-refractivity contribution in [3.8, 4) is 0 Å². The number of aryl methyl sites for hydroxylation is 1. The summed E-state index contributed by atoms with van der Waals surface area (Å²) in [6.07, 6.45) is 4.22. The Balaban J connectivity index is 1.88. The Morgan fingerprint density at radius 3 is 2.80 bits per heavy atom. The third-order valence-electron chi connectivity index (χ3n) is 4.06. The van der Waals surface area contributed by atoms with E-state index in [0.29, 0.717) is 18.0 Å². The highest BCUT2D eigenvalue weighted by Gasteiger charge is 2.39. The molecule has 1 aliphatic heterocycles. The summed E-state index contributed by atoms with van der Waals surface area (Å²) in [6.45, 7) is 2.34. The van der Waals surface area contributed by atoms with Crippen molar-refractivity contribution >= 4 is 28.2 Å². The molecule has 5 nitrogen and oxygen atoms in total. The van der Waals surface area contributed by atoms with Crippen LogP contribution in [0.3, 0.4) is 0 Å². The summed E-state index contributed by atoms with van der Waals surface area (Å²) in [4.78, 5) is 24.9. The number of amides is 1. The number of ether oxygens (including phenoxy) is 1. The smallest absolute Gasteiger partial charge is 0.339 e. The average molecular weight is 295 g/mol. The maximum absolute atomic E-state index is 12.3. The van der Waals surface area contributed by atoms with Gasteiger partial charge < -0.3 is 15.2 Å². The number of fused-ring (bicyclic) bond motifs is 1. The number of rotatable bonds is 3. The van der Waals surface area contributed by atoms with Crippen LogP contribution in [0.25, 0.3) is 0 Å². The summed E-state index contributed by atoms with van der Waals surface area (Å²) in [5.41, 5.74) is 0.345. The topological polar surface area (TPSA) is 75.6 Å². The molecule has 1 amide bonds. The second-order valence-corrected chi connectivity index (χ2v) is 6.61. The fraction of sp³-hybridized carbons (Fsp3) is 0.571. The number of carboxylic acids is 1. The molecule has 1 fully saturated rings. The van der Waals surface area contributed by atoms with Crippen molar-refractivity contribution in [2.75, 3.05) is 11.9 Å². The Labute approximate surface area is 120 Å². The van der Waals surface area contributed by atoms with Crippen LogP contribution in [-0.2, 0) is 22.4 Å². The summed E-state index contributed by atoms with van der Waals surface area (Å²) in [5, 5.41) is 12.6. The van der Waals surface area contributed by atoms with Crippen molar-refractivity contribution < 1.29 is 19.4 Å². The number of anilines is 1. The Kier molecular flexibility index (Phi) is 3.30. The predicted molar refractivity (Wildman–Crippen MR) is 75.5 cm³/mol. The molecule has 0 aromatic carbocycles. The van der Waals surface area contributed by atoms with Gasteiger partial charge in [0.05, 0.1) is 5.56 Å². The molecule has 0 saturated carbocycles. The van der Waals surface area contributed by atoms with E-state index in [4.69, 9.17) is 4.74 Å². The van der Waals surface area contributed by atoms with Crippen molar-refractivity contribution in [3.05, 3.63) is 16.0 Å². The van der Waals surface area contributed by atoms with Crippen molar-refractivity contribution in [1.29, 1.82) is 0 Å². The largest absolute Gasteiger partial charge is 0.478 e. The van der Waals surface area contributed by atoms with Gasteiger partial charge in [0, 0.05) is 11.5 Å². The minimum absolute atomic E-state index is 0.238. The zero-order valence-corrected chi connectivity index (χ0v) is 12.1. The number of aromatic carboxylic acids is 1. The van der Waals surface area contributed by atoms with Gasteiger partial charge in [0.1, 0.15) is 10.6 Å². The standard InChI is InChI=1S/C14H17NO4S/c1-14(6-3-7-19-14)13(18)15-11-10(12(16)17)8-4-2-5-9(8)20-11/h2-7H2,1H3,(H,15,18)(H,16,17). The molecule has 0 radical (unpaired) electrons. The molecule has 1 aromatic heterocycles. The molecule has 108 valence electrons. The van der Waals surface area contributed by atoms with Gasteiger partial charge in [-0.1, -0.05) is 0 Å². The van der Waals surface area contributed by atoms with Crippen molar-refractivity contribution in [2.45, 2.75) is 44.6 Å². The van der Waals surface area contributed by atoms with Gasteiger partial charge in [-0.3, -0.25) is 4.79 Å². The van der Waals surface area contributed by atoms with Crippen LogP contribution in [0.1, 0.15) is 47.0 Å². The maximum atomic E-state index is 12.3. The SMILES string of the molecule is CC1(C(=O)Nc2sc3c(c2C(=O)O)CCC3)CCCO1. The van der Waals surface area contributed by atoms with Gasteiger partial charge in [0.15, 0.2) is 0 Å². The van der Waals surface area contributed by atoms with Gasteiger partial charge in [-0.25, -0.2) is 4.79 Å². The molecule has 20 heavy (non-hydrogen) atoms. The lowest BCUT2D eigenvalue weighted by Crippen LogP contribution is -2.39.